The summed E-state index contributed by atoms with van der Waals surface area (Å²) in [6.45, 7) is 6.62. The largest absolute Gasteiger partial charge is 0.316 e. The molecule has 0 fully saturated rings. The van der Waals surface area contributed by atoms with Gasteiger partial charge in [-0.2, -0.15) is 0 Å². The van der Waals surface area contributed by atoms with Crippen LogP contribution in [0.4, 0.5) is 0 Å². The molecular formula is C19H26N2. The average molecular weight is 282 g/mol. The van der Waals surface area contributed by atoms with Crippen molar-refractivity contribution in [1.29, 1.82) is 0 Å². The minimum absolute atomic E-state index is 0.560. The summed E-state index contributed by atoms with van der Waals surface area (Å²) >= 11 is 0. The predicted molar refractivity (Wildman–Crippen MR) is 89.4 cm³/mol. The van der Waals surface area contributed by atoms with Crippen LogP contribution in [0.3, 0.4) is 0 Å². The lowest BCUT2D eigenvalue weighted by molar-refractivity contribution is 0.500. The highest BCUT2D eigenvalue weighted by Crippen LogP contribution is 2.21. The molecule has 0 saturated heterocycles. The summed E-state index contributed by atoms with van der Waals surface area (Å²) in [7, 11) is 0. The molecule has 1 aromatic carbocycles. The third kappa shape index (κ3) is 5.68. The highest BCUT2D eigenvalue weighted by Gasteiger charge is 2.11. The highest BCUT2D eigenvalue weighted by molar-refractivity contribution is 5.20. The van der Waals surface area contributed by atoms with Crippen molar-refractivity contribution in [3.8, 4) is 0 Å². The molecule has 0 spiro atoms. The SMILES string of the molecule is CC(C)CNCC(CCc1cccnc1)c1ccccc1. The fraction of sp³-hybridized carbons (Fsp3) is 0.421. The summed E-state index contributed by atoms with van der Waals surface area (Å²) in [5.41, 5.74) is 2.75. The molecule has 2 rings (SSSR count). The molecule has 0 radical (unpaired) electrons. The van der Waals surface area contributed by atoms with Gasteiger partial charge in [0.05, 0.1) is 0 Å². The van der Waals surface area contributed by atoms with E-state index in [-0.39, 0.29) is 0 Å². The van der Waals surface area contributed by atoms with E-state index in [1.807, 2.05) is 18.5 Å². The van der Waals surface area contributed by atoms with Crippen LogP contribution in [-0.2, 0) is 6.42 Å². The van der Waals surface area contributed by atoms with Gasteiger partial charge in [-0.05, 0) is 48.4 Å². The first-order valence-corrected chi connectivity index (χ1v) is 7.90. The minimum atomic E-state index is 0.560. The van der Waals surface area contributed by atoms with E-state index >= 15 is 0 Å². The third-order valence-electron chi connectivity index (χ3n) is 3.72. The molecule has 1 atom stereocenters. The van der Waals surface area contributed by atoms with E-state index in [0.29, 0.717) is 11.8 Å². The zero-order valence-corrected chi connectivity index (χ0v) is 13.1. The second-order valence-corrected chi connectivity index (χ2v) is 6.06. The van der Waals surface area contributed by atoms with Gasteiger partial charge < -0.3 is 5.32 Å². The van der Waals surface area contributed by atoms with Gasteiger partial charge in [-0.3, -0.25) is 4.98 Å². The monoisotopic (exact) mass is 282 g/mol. The first-order valence-electron chi connectivity index (χ1n) is 7.90. The van der Waals surface area contributed by atoms with Crippen LogP contribution in [0.5, 0.6) is 0 Å². The summed E-state index contributed by atoms with van der Waals surface area (Å²) in [4.78, 5) is 4.21. The topological polar surface area (TPSA) is 24.9 Å². The predicted octanol–water partition coefficient (Wildman–Crippen LogP) is 4.04. The number of aromatic nitrogens is 1. The molecule has 2 nitrogen and oxygen atoms in total. The van der Waals surface area contributed by atoms with E-state index in [0.717, 1.165) is 25.9 Å². The van der Waals surface area contributed by atoms with Crippen LogP contribution in [0.2, 0.25) is 0 Å². The normalized spacial score (nSPS) is 12.5. The molecule has 0 aliphatic carbocycles. The first kappa shape index (κ1) is 15.7. The zero-order valence-electron chi connectivity index (χ0n) is 13.1. The Labute approximate surface area is 128 Å². The van der Waals surface area contributed by atoms with E-state index in [9.17, 15) is 0 Å². The summed E-state index contributed by atoms with van der Waals surface area (Å²) in [5.74, 6) is 1.25. The van der Waals surface area contributed by atoms with Crippen molar-refractivity contribution in [3.63, 3.8) is 0 Å². The number of hydrogen-bond acceptors (Lipinski definition) is 2. The number of hydrogen-bond donors (Lipinski definition) is 1. The van der Waals surface area contributed by atoms with Crippen molar-refractivity contribution < 1.29 is 0 Å². The van der Waals surface area contributed by atoms with E-state index in [2.05, 4.69) is 60.5 Å². The fourth-order valence-corrected chi connectivity index (χ4v) is 2.54. The number of rotatable bonds is 8. The van der Waals surface area contributed by atoms with Crippen LogP contribution in [0.25, 0.3) is 0 Å². The maximum Gasteiger partial charge on any atom is 0.0299 e. The van der Waals surface area contributed by atoms with Crippen LogP contribution in [0.15, 0.2) is 54.9 Å². The van der Waals surface area contributed by atoms with Gasteiger partial charge in [0.2, 0.25) is 0 Å². The van der Waals surface area contributed by atoms with Crippen molar-refractivity contribution in [2.75, 3.05) is 13.1 Å². The Morgan fingerprint density at radius 2 is 1.81 bits per heavy atom. The Morgan fingerprint density at radius 3 is 2.48 bits per heavy atom. The molecule has 1 heterocycles. The van der Waals surface area contributed by atoms with Gasteiger partial charge in [0, 0.05) is 18.9 Å². The van der Waals surface area contributed by atoms with E-state index in [4.69, 9.17) is 0 Å². The summed E-state index contributed by atoms with van der Waals surface area (Å²) in [6.07, 6.45) is 6.05. The molecule has 112 valence electrons. The maximum absolute atomic E-state index is 4.21. The standard InChI is InChI=1S/C19H26N2/c1-16(2)13-21-15-19(18-8-4-3-5-9-18)11-10-17-7-6-12-20-14-17/h3-9,12,14,16,19,21H,10-11,13,15H2,1-2H3. The second kappa shape index (κ2) is 8.58. The van der Waals surface area contributed by atoms with Crippen LogP contribution in [-0.4, -0.2) is 18.1 Å². The molecule has 1 N–H and O–H groups in total. The molecule has 2 heteroatoms. The quantitative estimate of drug-likeness (QED) is 0.790. The van der Waals surface area contributed by atoms with Crippen LogP contribution in [0.1, 0.15) is 37.3 Å². The molecule has 21 heavy (non-hydrogen) atoms. The average Bonchev–Trinajstić information content (AvgIpc) is 2.52. The van der Waals surface area contributed by atoms with Crippen LogP contribution in [0, 0.1) is 5.92 Å². The molecule has 0 aliphatic rings. The Hall–Kier alpha value is -1.67. The van der Waals surface area contributed by atoms with Gasteiger partial charge >= 0.3 is 0 Å². The lowest BCUT2D eigenvalue weighted by atomic mass is 9.92. The smallest absolute Gasteiger partial charge is 0.0299 e. The second-order valence-electron chi connectivity index (χ2n) is 6.06. The molecular weight excluding hydrogens is 256 g/mol. The Kier molecular flexibility index (Phi) is 6.42. The molecule has 2 aromatic rings. The van der Waals surface area contributed by atoms with Crippen LogP contribution < -0.4 is 5.32 Å². The van der Waals surface area contributed by atoms with Crippen molar-refractivity contribution >= 4 is 0 Å². The van der Waals surface area contributed by atoms with Gasteiger partial charge in [-0.25, -0.2) is 0 Å². The van der Waals surface area contributed by atoms with Crippen molar-refractivity contribution in [2.24, 2.45) is 5.92 Å². The Balaban J connectivity index is 1.95. The first-order chi connectivity index (χ1) is 10.3. The molecule has 0 saturated carbocycles. The molecule has 0 bridgehead atoms. The zero-order chi connectivity index (χ0) is 14.9. The van der Waals surface area contributed by atoms with Gasteiger partial charge in [0.25, 0.3) is 0 Å². The van der Waals surface area contributed by atoms with E-state index < -0.39 is 0 Å². The van der Waals surface area contributed by atoms with Gasteiger partial charge in [0.15, 0.2) is 0 Å². The lowest BCUT2D eigenvalue weighted by Crippen LogP contribution is -2.25. The number of nitrogens with one attached hydrogen (secondary N) is 1. The highest BCUT2D eigenvalue weighted by atomic mass is 14.9. The molecule has 0 aliphatic heterocycles. The summed E-state index contributed by atoms with van der Waals surface area (Å²) < 4.78 is 0. The number of aryl methyl sites for hydroxylation is 1. The van der Waals surface area contributed by atoms with Crippen LogP contribution >= 0.6 is 0 Å². The maximum atomic E-state index is 4.21. The number of nitrogens with zero attached hydrogens (tertiary/aromatic N) is 1. The fourth-order valence-electron chi connectivity index (χ4n) is 2.54. The third-order valence-corrected chi connectivity index (χ3v) is 3.72. The molecule has 1 aromatic heterocycles. The molecule has 0 amide bonds. The Morgan fingerprint density at radius 1 is 1.00 bits per heavy atom. The number of pyridine rings is 1. The van der Waals surface area contributed by atoms with Gasteiger partial charge in [0.1, 0.15) is 0 Å². The summed E-state index contributed by atoms with van der Waals surface area (Å²) in [5, 5.41) is 3.60. The Bertz CT molecular complexity index is 493. The van der Waals surface area contributed by atoms with Crippen molar-refractivity contribution in [2.45, 2.75) is 32.6 Å². The lowest BCUT2D eigenvalue weighted by Gasteiger charge is -2.19. The summed E-state index contributed by atoms with van der Waals surface area (Å²) in [6, 6.07) is 15.0. The number of benzene rings is 1. The van der Waals surface area contributed by atoms with Crippen molar-refractivity contribution in [3.05, 3.63) is 66.0 Å². The van der Waals surface area contributed by atoms with Gasteiger partial charge in [-0.1, -0.05) is 50.2 Å². The van der Waals surface area contributed by atoms with E-state index in [1.54, 1.807) is 0 Å². The van der Waals surface area contributed by atoms with E-state index in [1.165, 1.54) is 11.1 Å². The minimum Gasteiger partial charge on any atom is -0.316 e. The van der Waals surface area contributed by atoms with Gasteiger partial charge in [-0.15, -0.1) is 0 Å². The molecule has 1 unspecified atom stereocenters. The van der Waals surface area contributed by atoms with Crippen molar-refractivity contribution in [1.82, 2.24) is 10.3 Å².